The highest BCUT2D eigenvalue weighted by Crippen LogP contribution is 2.30. The number of ether oxygens (including phenoxy) is 1. The molecule has 0 saturated carbocycles. The van der Waals surface area contributed by atoms with Crippen LogP contribution in [0.25, 0.3) is 0 Å². The molecule has 19 heavy (non-hydrogen) atoms. The van der Waals surface area contributed by atoms with E-state index in [9.17, 15) is 14.9 Å². The van der Waals surface area contributed by atoms with E-state index in [0.29, 0.717) is 6.42 Å². The van der Waals surface area contributed by atoms with E-state index in [0.717, 1.165) is 0 Å². The quantitative estimate of drug-likeness (QED) is 0.642. The van der Waals surface area contributed by atoms with Crippen LogP contribution < -0.4 is 10.1 Å². The molecule has 0 heterocycles. The van der Waals surface area contributed by atoms with Crippen LogP contribution in [0.2, 0.25) is 0 Å². The van der Waals surface area contributed by atoms with Gasteiger partial charge in [0, 0.05) is 6.07 Å². The molecule has 7 nitrogen and oxygen atoms in total. The Hall–Kier alpha value is -2.62. The maximum atomic E-state index is 12.0. The van der Waals surface area contributed by atoms with Crippen LogP contribution in [0.5, 0.6) is 5.75 Å². The molecule has 0 fully saturated rings. The number of benzene rings is 1. The highest BCUT2D eigenvalue weighted by molar-refractivity contribution is 5.98. The fourth-order valence-electron chi connectivity index (χ4n) is 1.52. The molecule has 1 amide bonds. The maximum absolute atomic E-state index is 12.0. The minimum absolute atomic E-state index is 0.0328. The van der Waals surface area contributed by atoms with Crippen molar-refractivity contribution in [2.24, 2.45) is 0 Å². The summed E-state index contributed by atoms with van der Waals surface area (Å²) in [7, 11) is 1.25. The number of nitrogens with one attached hydrogen (secondary N) is 1. The highest BCUT2D eigenvalue weighted by atomic mass is 16.6. The molecule has 0 aliphatic rings. The molecule has 0 spiro atoms. The lowest BCUT2D eigenvalue weighted by Crippen LogP contribution is -2.33. The molecule has 1 N–H and O–H groups in total. The Morgan fingerprint density at radius 1 is 1.63 bits per heavy atom. The summed E-state index contributed by atoms with van der Waals surface area (Å²) in [6.07, 6.45) is 0.444. The molecular weight excluding hydrogens is 250 g/mol. The summed E-state index contributed by atoms with van der Waals surface area (Å²) >= 11 is 0. The summed E-state index contributed by atoms with van der Waals surface area (Å²) in [5, 5.41) is 22.1. The summed E-state index contributed by atoms with van der Waals surface area (Å²) in [4.78, 5) is 22.2. The second-order valence-corrected chi connectivity index (χ2v) is 3.68. The van der Waals surface area contributed by atoms with E-state index in [4.69, 9.17) is 10.00 Å². The van der Waals surface area contributed by atoms with Crippen LogP contribution in [0.4, 0.5) is 5.69 Å². The normalized spacial score (nSPS) is 11.2. The lowest BCUT2D eigenvalue weighted by molar-refractivity contribution is -0.385. The largest absolute Gasteiger partial charge is 0.490 e. The van der Waals surface area contributed by atoms with Crippen molar-refractivity contribution >= 4 is 11.6 Å². The average molecular weight is 263 g/mol. The lowest BCUT2D eigenvalue weighted by atomic mass is 10.1. The summed E-state index contributed by atoms with van der Waals surface area (Å²) in [5.41, 5.74) is -0.259. The molecule has 1 aromatic carbocycles. The first-order valence-corrected chi connectivity index (χ1v) is 5.57. The van der Waals surface area contributed by atoms with Crippen LogP contribution >= 0.6 is 0 Å². The van der Waals surface area contributed by atoms with Crippen molar-refractivity contribution in [3.8, 4) is 11.8 Å². The number of methoxy groups -OCH3 is 1. The molecule has 0 aliphatic carbocycles. The molecule has 7 heteroatoms. The van der Waals surface area contributed by atoms with Crippen molar-refractivity contribution in [3.63, 3.8) is 0 Å². The molecular formula is C12H13N3O4. The Morgan fingerprint density at radius 2 is 2.32 bits per heavy atom. The summed E-state index contributed by atoms with van der Waals surface area (Å²) in [6.45, 7) is 1.75. The van der Waals surface area contributed by atoms with Gasteiger partial charge in [-0.25, -0.2) is 0 Å². The van der Waals surface area contributed by atoms with Gasteiger partial charge in [0.2, 0.25) is 5.75 Å². The van der Waals surface area contributed by atoms with Crippen molar-refractivity contribution in [1.82, 2.24) is 5.32 Å². The number of carbonyl (C=O) groups is 1. The SMILES string of the molecule is CCC(C#N)NC(=O)c1cccc([N+](=O)[O-])c1OC. The Bertz CT molecular complexity index is 536. The first-order valence-electron chi connectivity index (χ1n) is 5.57. The highest BCUT2D eigenvalue weighted by Gasteiger charge is 2.23. The number of amides is 1. The Morgan fingerprint density at radius 3 is 2.79 bits per heavy atom. The van der Waals surface area contributed by atoms with Gasteiger partial charge in [0.1, 0.15) is 6.04 Å². The lowest BCUT2D eigenvalue weighted by Gasteiger charge is -2.11. The first kappa shape index (κ1) is 14.4. The van der Waals surface area contributed by atoms with Crippen molar-refractivity contribution in [2.75, 3.05) is 7.11 Å². The van der Waals surface area contributed by atoms with E-state index in [1.165, 1.54) is 25.3 Å². The van der Waals surface area contributed by atoms with Gasteiger partial charge in [0.15, 0.2) is 0 Å². The Labute approximate surface area is 109 Å². The monoisotopic (exact) mass is 263 g/mol. The molecule has 0 radical (unpaired) electrons. The van der Waals surface area contributed by atoms with Crippen molar-refractivity contribution < 1.29 is 14.5 Å². The van der Waals surface area contributed by atoms with Gasteiger partial charge in [-0.15, -0.1) is 0 Å². The predicted octanol–water partition coefficient (Wildman–Crippen LogP) is 1.64. The zero-order chi connectivity index (χ0) is 14.4. The topological polar surface area (TPSA) is 105 Å². The molecule has 1 unspecified atom stereocenters. The molecule has 0 saturated heterocycles. The summed E-state index contributed by atoms with van der Waals surface area (Å²) < 4.78 is 4.92. The van der Waals surface area contributed by atoms with Gasteiger partial charge in [-0.1, -0.05) is 13.0 Å². The minimum Gasteiger partial charge on any atom is -0.490 e. The van der Waals surface area contributed by atoms with Crippen LogP contribution in [-0.4, -0.2) is 24.0 Å². The molecule has 0 aromatic heterocycles. The fourth-order valence-corrected chi connectivity index (χ4v) is 1.52. The third kappa shape index (κ3) is 3.19. The van der Waals surface area contributed by atoms with Gasteiger partial charge in [0.25, 0.3) is 5.91 Å². The van der Waals surface area contributed by atoms with Crippen LogP contribution in [0.1, 0.15) is 23.7 Å². The van der Waals surface area contributed by atoms with E-state index >= 15 is 0 Å². The van der Waals surface area contributed by atoms with Gasteiger partial charge < -0.3 is 10.1 Å². The van der Waals surface area contributed by atoms with E-state index in [1.807, 2.05) is 6.07 Å². The average Bonchev–Trinajstić information content (AvgIpc) is 2.43. The summed E-state index contributed by atoms with van der Waals surface area (Å²) in [6, 6.07) is 5.33. The van der Waals surface area contributed by atoms with Crippen LogP contribution in [0.15, 0.2) is 18.2 Å². The van der Waals surface area contributed by atoms with E-state index in [-0.39, 0.29) is 17.0 Å². The molecule has 1 aromatic rings. The van der Waals surface area contributed by atoms with Crippen molar-refractivity contribution in [1.29, 1.82) is 5.26 Å². The van der Waals surface area contributed by atoms with E-state index in [1.54, 1.807) is 6.92 Å². The van der Waals surface area contributed by atoms with Gasteiger partial charge in [0.05, 0.1) is 23.7 Å². The van der Waals surface area contributed by atoms with Crippen LogP contribution in [0.3, 0.4) is 0 Å². The second kappa shape index (κ2) is 6.35. The molecule has 1 atom stereocenters. The second-order valence-electron chi connectivity index (χ2n) is 3.68. The number of hydrogen-bond donors (Lipinski definition) is 1. The van der Waals surface area contributed by atoms with Gasteiger partial charge in [-0.3, -0.25) is 14.9 Å². The van der Waals surface area contributed by atoms with Gasteiger partial charge >= 0.3 is 5.69 Å². The number of hydrogen-bond acceptors (Lipinski definition) is 5. The minimum atomic E-state index is -0.642. The molecule has 1 rings (SSSR count). The fraction of sp³-hybridized carbons (Fsp3) is 0.333. The third-order valence-electron chi connectivity index (χ3n) is 2.51. The van der Waals surface area contributed by atoms with E-state index < -0.39 is 16.9 Å². The number of rotatable bonds is 5. The van der Waals surface area contributed by atoms with Crippen LogP contribution in [0, 0.1) is 21.4 Å². The molecule has 100 valence electrons. The number of para-hydroxylation sites is 1. The Kier molecular flexibility index (Phi) is 4.83. The van der Waals surface area contributed by atoms with E-state index in [2.05, 4.69) is 5.32 Å². The smallest absolute Gasteiger partial charge is 0.311 e. The predicted molar refractivity (Wildman–Crippen MR) is 66.8 cm³/mol. The zero-order valence-corrected chi connectivity index (χ0v) is 10.5. The Balaban J connectivity index is 3.14. The molecule has 0 aliphatic heterocycles. The number of nitrogens with zero attached hydrogens (tertiary/aromatic N) is 2. The van der Waals surface area contributed by atoms with Crippen LogP contribution in [-0.2, 0) is 0 Å². The number of carbonyl (C=O) groups excluding carboxylic acids is 1. The number of nitro benzene ring substituents is 1. The van der Waals surface area contributed by atoms with Gasteiger partial charge in [-0.05, 0) is 12.5 Å². The van der Waals surface area contributed by atoms with Crippen molar-refractivity contribution in [2.45, 2.75) is 19.4 Å². The number of nitro groups is 1. The third-order valence-corrected chi connectivity index (χ3v) is 2.51. The standard InChI is InChI=1S/C12H13N3O4/c1-3-8(7-13)14-12(16)9-5-4-6-10(15(17)18)11(9)19-2/h4-6,8H,3H2,1-2H3,(H,14,16). The van der Waals surface area contributed by atoms with Crippen molar-refractivity contribution in [3.05, 3.63) is 33.9 Å². The first-order chi connectivity index (χ1) is 9.04. The summed E-state index contributed by atoms with van der Waals surface area (Å²) in [5.74, 6) is -0.688. The zero-order valence-electron chi connectivity index (χ0n) is 10.5. The van der Waals surface area contributed by atoms with Gasteiger partial charge in [-0.2, -0.15) is 5.26 Å². The maximum Gasteiger partial charge on any atom is 0.311 e. The molecule has 0 bridgehead atoms. The number of nitriles is 1.